The van der Waals surface area contributed by atoms with Crippen molar-refractivity contribution < 1.29 is 28.6 Å². The van der Waals surface area contributed by atoms with Crippen molar-refractivity contribution in [3.05, 3.63) is 0 Å². The minimum Gasteiger partial charge on any atom is -0.462 e. The molecule has 6 nitrogen and oxygen atoms in total. The van der Waals surface area contributed by atoms with Gasteiger partial charge >= 0.3 is 17.9 Å². The zero-order valence-electron chi connectivity index (χ0n) is 32.6. The summed E-state index contributed by atoms with van der Waals surface area (Å²) in [4.78, 5) is 37.5. The Balaban J connectivity index is 4.36. The molecule has 0 N–H and O–H groups in total. The van der Waals surface area contributed by atoms with Gasteiger partial charge in [0.25, 0.3) is 0 Å². The van der Waals surface area contributed by atoms with Gasteiger partial charge in [0.1, 0.15) is 13.2 Å². The number of carbonyl (C=O) groups is 3. The molecule has 0 fully saturated rings. The molecule has 0 aliphatic rings. The van der Waals surface area contributed by atoms with E-state index < -0.39 is 6.10 Å². The van der Waals surface area contributed by atoms with Crippen molar-refractivity contribution in [1.82, 2.24) is 0 Å². The van der Waals surface area contributed by atoms with Gasteiger partial charge in [-0.2, -0.15) is 0 Å². The third kappa shape index (κ3) is 34.3. The topological polar surface area (TPSA) is 78.9 Å². The van der Waals surface area contributed by atoms with E-state index in [2.05, 4.69) is 34.6 Å². The average Bonchev–Trinajstić information content (AvgIpc) is 3.06. The second-order valence-corrected chi connectivity index (χ2v) is 15.0. The number of hydrogen-bond acceptors (Lipinski definition) is 6. The molecular formula is C42H80O6. The fourth-order valence-corrected chi connectivity index (χ4v) is 6.01. The lowest BCUT2D eigenvalue weighted by molar-refractivity contribution is -0.167. The molecule has 0 bridgehead atoms. The predicted molar refractivity (Wildman–Crippen MR) is 201 cm³/mol. The zero-order chi connectivity index (χ0) is 35.5. The van der Waals surface area contributed by atoms with Crippen LogP contribution in [0, 0.1) is 11.8 Å². The molecule has 1 unspecified atom stereocenters. The maximum atomic E-state index is 12.6. The van der Waals surface area contributed by atoms with Crippen molar-refractivity contribution in [1.29, 1.82) is 0 Å². The lowest BCUT2D eigenvalue weighted by atomic mass is 10.00. The molecule has 2 atom stereocenters. The molecule has 0 aliphatic carbocycles. The molecule has 0 aromatic rings. The normalized spacial score (nSPS) is 12.6. The molecule has 0 aromatic heterocycles. The third-order valence-corrected chi connectivity index (χ3v) is 9.58. The van der Waals surface area contributed by atoms with Crippen LogP contribution in [0.5, 0.6) is 0 Å². The highest BCUT2D eigenvalue weighted by atomic mass is 16.6. The van der Waals surface area contributed by atoms with Gasteiger partial charge in [-0.25, -0.2) is 0 Å². The Labute approximate surface area is 298 Å². The van der Waals surface area contributed by atoms with Gasteiger partial charge in [-0.05, 0) is 31.1 Å². The average molecular weight is 681 g/mol. The van der Waals surface area contributed by atoms with Gasteiger partial charge in [0.15, 0.2) is 6.10 Å². The molecule has 0 amide bonds. The SMILES string of the molecule is CCCCCCCCCCCCCC(=O)OC[C@H](COC(=O)CCCCCCCCC(C)CC)OC(=O)CCCCCCCCC(C)C. The fourth-order valence-electron chi connectivity index (χ4n) is 6.01. The van der Waals surface area contributed by atoms with E-state index in [0.717, 1.165) is 69.6 Å². The predicted octanol–water partition coefficient (Wildman–Crippen LogP) is 12.6. The van der Waals surface area contributed by atoms with Crippen molar-refractivity contribution in [2.75, 3.05) is 13.2 Å². The van der Waals surface area contributed by atoms with Crippen LogP contribution >= 0.6 is 0 Å². The van der Waals surface area contributed by atoms with Crippen molar-refractivity contribution in [3.63, 3.8) is 0 Å². The van der Waals surface area contributed by atoms with Gasteiger partial charge in [0.05, 0.1) is 0 Å². The minimum atomic E-state index is -0.760. The molecule has 0 spiro atoms. The molecule has 6 heteroatoms. The Morgan fingerprint density at radius 1 is 0.438 bits per heavy atom. The van der Waals surface area contributed by atoms with Crippen molar-refractivity contribution >= 4 is 17.9 Å². The van der Waals surface area contributed by atoms with Crippen molar-refractivity contribution in [3.8, 4) is 0 Å². The van der Waals surface area contributed by atoms with E-state index in [4.69, 9.17) is 14.2 Å². The molecule has 284 valence electrons. The summed E-state index contributed by atoms with van der Waals surface area (Å²) in [5.74, 6) is 0.702. The summed E-state index contributed by atoms with van der Waals surface area (Å²) in [6, 6.07) is 0. The largest absolute Gasteiger partial charge is 0.462 e. The Morgan fingerprint density at radius 3 is 1.19 bits per heavy atom. The third-order valence-electron chi connectivity index (χ3n) is 9.58. The van der Waals surface area contributed by atoms with E-state index in [9.17, 15) is 14.4 Å². The van der Waals surface area contributed by atoms with E-state index in [-0.39, 0.29) is 31.1 Å². The van der Waals surface area contributed by atoms with Crippen molar-refractivity contribution in [2.24, 2.45) is 11.8 Å². The molecule has 0 aromatic carbocycles. The van der Waals surface area contributed by atoms with Crippen LogP contribution in [0.3, 0.4) is 0 Å². The first kappa shape index (κ1) is 46.4. The first-order chi connectivity index (χ1) is 23.3. The summed E-state index contributed by atoms with van der Waals surface area (Å²) < 4.78 is 16.6. The second-order valence-electron chi connectivity index (χ2n) is 15.0. The van der Waals surface area contributed by atoms with Crippen LogP contribution in [0.15, 0.2) is 0 Å². The number of esters is 3. The van der Waals surface area contributed by atoms with Gasteiger partial charge < -0.3 is 14.2 Å². The molecule has 0 aliphatic heterocycles. The number of hydrogen-bond donors (Lipinski definition) is 0. The van der Waals surface area contributed by atoms with E-state index in [0.29, 0.717) is 19.3 Å². The van der Waals surface area contributed by atoms with Gasteiger partial charge in [-0.1, -0.05) is 182 Å². The van der Waals surface area contributed by atoms with E-state index >= 15 is 0 Å². The first-order valence-corrected chi connectivity index (χ1v) is 20.8. The van der Waals surface area contributed by atoms with Crippen LogP contribution in [0.1, 0.15) is 221 Å². The van der Waals surface area contributed by atoms with Gasteiger partial charge in [-0.15, -0.1) is 0 Å². The Kier molecular flexibility index (Phi) is 34.1. The number of unbranched alkanes of at least 4 members (excludes halogenated alkanes) is 20. The van der Waals surface area contributed by atoms with Gasteiger partial charge in [0, 0.05) is 19.3 Å². The molecule has 0 saturated heterocycles. The Bertz CT molecular complexity index is 736. The quantitative estimate of drug-likeness (QED) is 0.0372. The summed E-state index contributed by atoms with van der Waals surface area (Å²) >= 11 is 0. The lowest BCUT2D eigenvalue weighted by Crippen LogP contribution is -2.30. The molecule has 0 radical (unpaired) electrons. The molecule has 0 saturated carbocycles. The summed E-state index contributed by atoms with van der Waals surface area (Å²) in [5.41, 5.74) is 0. The van der Waals surface area contributed by atoms with Crippen LogP contribution < -0.4 is 0 Å². The summed E-state index contributed by atoms with van der Waals surface area (Å²) in [5, 5.41) is 0. The molecular weight excluding hydrogens is 600 g/mol. The Hall–Kier alpha value is -1.59. The van der Waals surface area contributed by atoms with Crippen LogP contribution in [-0.4, -0.2) is 37.2 Å². The highest BCUT2D eigenvalue weighted by molar-refractivity contribution is 5.71. The van der Waals surface area contributed by atoms with E-state index in [1.54, 1.807) is 0 Å². The van der Waals surface area contributed by atoms with Gasteiger partial charge in [-0.3, -0.25) is 14.4 Å². The van der Waals surface area contributed by atoms with Crippen LogP contribution in [-0.2, 0) is 28.6 Å². The zero-order valence-corrected chi connectivity index (χ0v) is 32.6. The Morgan fingerprint density at radius 2 is 0.792 bits per heavy atom. The highest BCUT2D eigenvalue weighted by Crippen LogP contribution is 2.16. The van der Waals surface area contributed by atoms with Gasteiger partial charge in [0.2, 0.25) is 0 Å². The minimum absolute atomic E-state index is 0.0671. The number of rotatable bonds is 36. The van der Waals surface area contributed by atoms with Crippen LogP contribution in [0.2, 0.25) is 0 Å². The monoisotopic (exact) mass is 681 g/mol. The molecule has 0 heterocycles. The maximum absolute atomic E-state index is 12.6. The second kappa shape index (κ2) is 35.2. The summed E-state index contributed by atoms with van der Waals surface area (Å²) in [7, 11) is 0. The standard InChI is InChI=1S/C42H80O6/c1-6-8-9-10-11-12-13-14-15-22-27-32-40(43)46-35-39(48-42(45)34-29-24-18-16-20-25-30-37(3)4)36-47-41(44)33-28-23-19-17-21-26-31-38(5)7-2/h37-39H,6-36H2,1-5H3/t38?,39-/m1/s1. The summed E-state index contributed by atoms with van der Waals surface area (Å²) in [6.45, 7) is 11.2. The van der Waals surface area contributed by atoms with Crippen LogP contribution in [0.25, 0.3) is 0 Å². The number of ether oxygens (including phenoxy) is 3. The van der Waals surface area contributed by atoms with Crippen LogP contribution in [0.4, 0.5) is 0 Å². The molecule has 48 heavy (non-hydrogen) atoms. The van der Waals surface area contributed by atoms with E-state index in [1.165, 1.54) is 109 Å². The highest BCUT2D eigenvalue weighted by Gasteiger charge is 2.19. The fraction of sp³-hybridized carbons (Fsp3) is 0.929. The number of carbonyl (C=O) groups excluding carboxylic acids is 3. The molecule has 0 rings (SSSR count). The van der Waals surface area contributed by atoms with Crippen molar-refractivity contribution in [2.45, 2.75) is 227 Å². The maximum Gasteiger partial charge on any atom is 0.306 e. The lowest BCUT2D eigenvalue weighted by Gasteiger charge is -2.18. The first-order valence-electron chi connectivity index (χ1n) is 20.8. The van der Waals surface area contributed by atoms with E-state index in [1.807, 2.05) is 0 Å². The summed E-state index contributed by atoms with van der Waals surface area (Å²) in [6.07, 6.45) is 31.0. The smallest absolute Gasteiger partial charge is 0.306 e.